The van der Waals surface area contributed by atoms with E-state index in [2.05, 4.69) is 45.0 Å². The monoisotopic (exact) mass is 535 g/mol. The fourth-order valence-corrected chi connectivity index (χ4v) is 5.66. The van der Waals surface area contributed by atoms with Crippen molar-refractivity contribution in [2.24, 2.45) is 0 Å². The molecule has 0 N–H and O–H groups in total. The highest BCUT2D eigenvalue weighted by Gasteiger charge is 2.46. The van der Waals surface area contributed by atoms with E-state index in [0.717, 1.165) is 52.4 Å². The fourth-order valence-electron chi connectivity index (χ4n) is 5.66. The van der Waals surface area contributed by atoms with Gasteiger partial charge in [0.05, 0.1) is 78.2 Å². The third kappa shape index (κ3) is 8.92. The SMILES string of the molecule is c1ccc(CN2C[C@H]3CN4CCOCCOCCN(CCOCCOCC4)C[C@@H]4COC[C@@](C2)(O3)O4)cc1. The first kappa shape index (κ1) is 28.4. The van der Waals surface area contributed by atoms with Gasteiger partial charge in [-0.1, -0.05) is 30.3 Å². The van der Waals surface area contributed by atoms with Gasteiger partial charge in [0.25, 0.3) is 0 Å². The van der Waals surface area contributed by atoms with E-state index >= 15 is 0 Å². The molecule has 5 rings (SSSR count). The molecule has 4 aliphatic rings. The van der Waals surface area contributed by atoms with Crippen LogP contribution in [0.5, 0.6) is 0 Å². The molecule has 0 aromatic heterocycles. The molecule has 1 aromatic carbocycles. The average Bonchev–Trinajstić information content (AvgIpc) is 2.90. The van der Waals surface area contributed by atoms with E-state index in [0.29, 0.717) is 72.6 Å². The van der Waals surface area contributed by atoms with Crippen molar-refractivity contribution in [3.05, 3.63) is 35.9 Å². The second-order valence-electron chi connectivity index (χ2n) is 10.6. The fraction of sp³-hybridized carbons (Fsp3) is 0.786. The molecular weight excluding hydrogens is 490 g/mol. The van der Waals surface area contributed by atoms with Crippen molar-refractivity contribution >= 4 is 0 Å². The molecule has 4 saturated heterocycles. The summed E-state index contributed by atoms with van der Waals surface area (Å²) in [6.07, 6.45) is -0.112. The number of hydrogen-bond donors (Lipinski definition) is 0. The van der Waals surface area contributed by atoms with Gasteiger partial charge in [0.15, 0.2) is 0 Å². The summed E-state index contributed by atoms with van der Waals surface area (Å²) in [5.41, 5.74) is 1.29. The van der Waals surface area contributed by atoms with E-state index < -0.39 is 5.79 Å². The molecule has 38 heavy (non-hydrogen) atoms. The largest absolute Gasteiger partial charge is 0.378 e. The number of nitrogens with zero attached hydrogens (tertiary/aromatic N) is 3. The van der Waals surface area contributed by atoms with Gasteiger partial charge in [-0.25, -0.2) is 0 Å². The van der Waals surface area contributed by atoms with Crippen LogP contribution in [0.25, 0.3) is 0 Å². The summed E-state index contributed by atoms with van der Waals surface area (Å²) in [6.45, 7) is 13.0. The molecule has 0 radical (unpaired) electrons. The van der Waals surface area contributed by atoms with Gasteiger partial charge in [-0.2, -0.15) is 0 Å². The number of benzene rings is 1. The zero-order valence-electron chi connectivity index (χ0n) is 22.7. The highest BCUT2D eigenvalue weighted by atomic mass is 16.7. The van der Waals surface area contributed by atoms with E-state index in [-0.39, 0.29) is 12.2 Å². The first-order valence-corrected chi connectivity index (χ1v) is 14.2. The zero-order chi connectivity index (χ0) is 25.9. The molecule has 10 heteroatoms. The minimum Gasteiger partial charge on any atom is -0.378 e. The van der Waals surface area contributed by atoms with Crippen molar-refractivity contribution in [2.45, 2.75) is 24.5 Å². The van der Waals surface area contributed by atoms with Crippen LogP contribution in [0.3, 0.4) is 0 Å². The van der Waals surface area contributed by atoms with Crippen LogP contribution in [0.4, 0.5) is 0 Å². The van der Waals surface area contributed by atoms with Crippen LogP contribution in [-0.2, 0) is 39.7 Å². The highest BCUT2D eigenvalue weighted by Crippen LogP contribution is 2.30. The topological polar surface area (TPSA) is 74.3 Å². The molecule has 1 aromatic rings. The number of rotatable bonds is 2. The zero-order valence-corrected chi connectivity index (χ0v) is 22.7. The van der Waals surface area contributed by atoms with Gasteiger partial charge in [-0.05, 0) is 5.56 Å². The molecule has 4 fully saturated rings. The predicted molar refractivity (Wildman–Crippen MR) is 141 cm³/mol. The Balaban J connectivity index is 1.38. The molecule has 1 spiro atoms. The smallest absolute Gasteiger partial charge is 0.205 e. The van der Waals surface area contributed by atoms with E-state index in [9.17, 15) is 0 Å². The summed E-state index contributed by atoms with van der Waals surface area (Å²) < 4.78 is 43.4. The van der Waals surface area contributed by atoms with E-state index in [4.69, 9.17) is 33.2 Å². The van der Waals surface area contributed by atoms with Gasteiger partial charge in [0.1, 0.15) is 6.61 Å². The highest BCUT2D eigenvalue weighted by molar-refractivity contribution is 5.14. The second-order valence-corrected chi connectivity index (χ2v) is 10.6. The minimum absolute atomic E-state index is 0.0241. The molecule has 3 atom stereocenters. The number of ether oxygens (including phenoxy) is 7. The third-order valence-electron chi connectivity index (χ3n) is 7.44. The van der Waals surface area contributed by atoms with E-state index in [1.165, 1.54) is 5.56 Å². The first-order chi connectivity index (χ1) is 18.8. The Hall–Kier alpha value is -1.18. The standard InChI is InChI=1S/C28H45N3O7/c1-2-4-25(5-3-1)18-31-20-26-19-29-6-10-32-14-16-34-12-8-30(9-13-35-17-15-33-11-7-29)21-27-22-36-24-28(23-31,37-26)38-27/h1-5,26-27H,6-24H2/t26-,27-,28+/m1/s1. The van der Waals surface area contributed by atoms with Crippen molar-refractivity contribution in [3.63, 3.8) is 0 Å². The van der Waals surface area contributed by atoms with Crippen LogP contribution in [0.1, 0.15) is 5.56 Å². The van der Waals surface area contributed by atoms with Crippen LogP contribution in [0.15, 0.2) is 30.3 Å². The molecule has 10 nitrogen and oxygen atoms in total. The molecule has 4 heterocycles. The summed E-state index contributed by atoms with van der Waals surface area (Å²) in [6, 6.07) is 10.6. The normalized spacial score (nSPS) is 35.5. The van der Waals surface area contributed by atoms with Crippen LogP contribution in [-0.4, -0.2) is 151 Å². The van der Waals surface area contributed by atoms with E-state index in [1.54, 1.807) is 0 Å². The van der Waals surface area contributed by atoms with Gasteiger partial charge < -0.3 is 33.2 Å². The Morgan fingerprint density at radius 3 is 1.79 bits per heavy atom. The number of fused-ring (bicyclic) bond motifs is 2. The summed E-state index contributed by atoms with van der Waals surface area (Å²) in [5, 5.41) is 0. The molecule has 0 saturated carbocycles. The summed E-state index contributed by atoms with van der Waals surface area (Å²) in [4.78, 5) is 7.18. The Labute approximate surface area is 227 Å². The van der Waals surface area contributed by atoms with Crippen LogP contribution in [0, 0.1) is 0 Å². The van der Waals surface area contributed by atoms with Crippen LogP contribution >= 0.6 is 0 Å². The van der Waals surface area contributed by atoms with Crippen LogP contribution in [0.2, 0.25) is 0 Å². The molecule has 0 unspecified atom stereocenters. The summed E-state index contributed by atoms with van der Waals surface area (Å²) in [7, 11) is 0. The number of hydrogen-bond acceptors (Lipinski definition) is 10. The molecular formula is C28H45N3O7. The Morgan fingerprint density at radius 2 is 1.18 bits per heavy atom. The maximum atomic E-state index is 6.80. The lowest BCUT2D eigenvalue weighted by atomic mass is 10.1. The van der Waals surface area contributed by atoms with Gasteiger partial charge in [0.2, 0.25) is 5.79 Å². The summed E-state index contributed by atoms with van der Waals surface area (Å²) >= 11 is 0. The van der Waals surface area contributed by atoms with Crippen molar-refractivity contribution in [2.75, 3.05) is 118 Å². The lowest BCUT2D eigenvalue weighted by molar-refractivity contribution is -0.354. The lowest BCUT2D eigenvalue weighted by Crippen LogP contribution is -2.64. The second kappa shape index (κ2) is 15.0. The Morgan fingerprint density at radius 1 is 0.632 bits per heavy atom. The predicted octanol–water partition coefficient (Wildman–Crippen LogP) is 0.697. The molecule has 4 aliphatic heterocycles. The average molecular weight is 536 g/mol. The first-order valence-electron chi connectivity index (χ1n) is 14.2. The van der Waals surface area contributed by atoms with Gasteiger partial charge in [-0.15, -0.1) is 0 Å². The summed E-state index contributed by atoms with van der Waals surface area (Å²) in [5.74, 6) is -0.792. The van der Waals surface area contributed by atoms with Gasteiger partial charge in [-0.3, -0.25) is 14.7 Å². The van der Waals surface area contributed by atoms with Gasteiger partial charge >= 0.3 is 0 Å². The lowest BCUT2D eigenvalue weighted by Gasteiger charge is -2.50. The maximum absolute atomic E-state index is 6.80. The van der Waals surface area contributed by atoms with Crippen LogP contribution < -0.4 is 0 Å². The van der Waals surface area contributed by atoms with Crippen molar-refractivity contribution < 1.29 is 33.2 Å². The quantitative estimate of drug-likeness (QED) is 0.540. The maximum Gasteiger partial charge on any atom is 0.205 e. The van der Waals surface area contributed by atoms with E-state index in [1.807, 2.05) is 0 Å². The Bertz CT molecular complexity index is 782. The van der Waals surface area contributed by atoms with Crippen molar-refractivity contribution in [3.8, 4) is 0 Å². The molecule has 214 valence electrons. The van der Waals surface area contributed by atoms with Gasteiger partial charge in [0, 0.05) is 52.4 Å². The number of morpholine rings is 1. The Kier molecular flexibility index (Phi) is 11.2. The van der Waals surface area contributed by atoms with Crippen molar-refractivity contribution in [1.82, 2.24) is 14.7 Å². The van der Waals surface area contributed by atoms with Crippen molar-refractivity contribution in [1.29, 1.82) is 0 Å². The molecule has 0 amide bonds. The molecule has 5 bridgehead atoms. The molecule has 0 aliphatic carbocycles. The third-order valence-corrected chi connectivity index (χ3v) is 7.44. The minimum atomic E-state index is -0.792.